The van der Waals surface area contributed by atoms with Crippen LogP contribution in [0.1, 0.15) is 11.4 Å². The van der Waals surface area contributed by atoms with Crippen molar-refractivity contribution < 1.29 is 18.0 Å². The zero-order chi connectivity index (χ0) is 19.3. The van der Waals surface area contributed by atoms with E-state index in [0.717, 1.165) is 21.4 Å². The van der Waals surface area contributed by atoms with Gasteiger partial charge in [0.2, 0.25) is 5.91 Å². The lowest BCUT2D eigenvalue weighted by Crippen LogP contribution is -2.27. The first-order valence-electron chi connectivity index (χ1n) is 8.02. The van der Waals surface area contributed by atoms with Gasteiger partial charge in [0.25, 0.3) is 0 Å². The molecule has 0 bridgehead atoms. The van der Waals surface area contributed by atoms with Crippen molar-refractivity contribution in [1.82, 2.24) is 14.3 Å². The first-order chi connectivity index (χ1) is 12.8. The average Bonchev–Trinajstić information content (AvgIpc) is 2.82. The molecule has 1 aliphatic heterocycles. The van der Waals surface area contributed by atoms with Gasteiger partial charge in [-0.1, -0.05) is 18.2 Å². The molecule has 9 heteroatoms. The van der Waals surface area contributed by atoms with Crippen molar-refractivity contribution in [2.75, 3.05) is 4.90 Å². The monoisotopic (exact) mass is 374 g/mol. The molecule has 138 valence electrons. The molecule has 0 fully saturated rings. The van der Waals surface area contributed by atoms with Crippen LogP contribution >= 0.6 is 0 Å². The molecule has 3 aromatic rings. The molecule has 2 heterocycles. The van der Waals surface area contributed by atoms with E-state index in [1.807, 2.05) is 0 Å². The number of hydrogen-bond donors (Lipinski definition) is 0. The topological polar surface area (TPSA) is 60.1 Å². The molecule has 1 aliphatic rings. The van der Waals surface area contributed by atoms with E-state index in [2.05, 4.69) is 5.10 Å². The molecule has 1 amide bonds. The van der Waals surface area contributed by atoms with E-state index >= 15 is 0 Å². The van der Waals surface area contributed by atoms with Crippen molar-refractivity contribution in [1.29, 1.82) is 0 Å². The van der Waals surface area contributed by atoms with Gasteiger partial charge in [-0.05, 0) is 30.3 Å². The largest absolute Gasteiger partial charge is 0.416 e. The number of aryl methyl sites for hydroxylation is 1. The maximum Gasteiger partial charge on any atom is 0.416 e. The van der Waals surface area contributed by atoms with E-state index in [9.17, 15) is 22.8 Å². The Morgan fingerprint density at radius 1 is 1.00 bits per heavy atom. The number of carbonyl (C=O) groups is 1. The third-order valence-electron chi connectivity index (χ3n) is 4.35. The quantitative estimate of drug-likeness (QED) is 0.658. The van der Waals surface area contributed by atoms with Gasteiger partial charge in [-0.15, -0.1) is 0 Å². The van der Waals surface area contributed by atoms with Crippen LogP contribution in [0.25, 0.3) is 5.69 Å². The lowest BCUT2D eigenvalue weighted by molar-refractivity contribution is -0.137. The number of aromatic nitrogens is 3. The maximum absolute atomic E-state index is 13.2. The van der Waals surface area contributed by atoms with Crippen molar-refractivity contribution in [3.8, 4) is 5.69 Å². The van der Waals surface area contributed by atoms with Gasteiger partial charge in [-0.25, -0.2) is 14.0 Å². The third-order valence-corrected chi connectivity index (χ3v) is 4.35. The molecule has 4 rings (SSSR count). The highest BCUT2D eigenvalue weighted by Gasteiger charge is 2.35. The second-order valence-corrected chi connectivity index (χ2v) is 6.10. The Balaban J connectivity index is 2.05. The number of alkyl halides is 3. The van der Waals surface area contributed by atoms with Crippen LogP contribution in [-0.2, 0) is 24.4 Å². The van der Waals surface area contributed by atoms with Gasteiger partial charge in [0.1, 0.15) is 5.82 Å². The first-order valence-corrected chi connectivity index (χ1v) is 8.02. The van der Waals surface area contributed by atoms with E-state index < -0.39 is 23.3 Å². The fraction of sp³-hybridized carbons (Fsp3) is 0.167. The van der Waals surface area contributed by atoms with Crippen LogP contribution in [0, 0.1) is 0 Å². The van der Waals surface area contributed by atoms with Crippen LogP contribution in [0.15, 0.2) is 53.3 Å². The molecule has 0 saturated carbocycles. The predicted molar refractivity (Wildman–Crippen MR) is 91.1 cm³/mol. The number of amides is 1. The van der Waals surface area contributed by atoms with E-state index in [1.165, 1.54) is 18.0 Å². The van der Waals surface area contributed by atoms with Crippen molar-refractivity contribution in [2.45, 2.75) is 12.6 Å². The molecule has 27 heavy (non-hydrogen) atoms. The molecule has 0 atom stereocenters. The lowest BCUT2D eigenvalue weighted by Gasteiger charge is -2.23. The van der Waals surface area contributed by atoms with Gasteiger partial charge in [0, 0.05) is 12.7 Å². The van der Waals surface area contributed by atoms with Gasteiger partial charge in [-0.2, -0.15) is 18.3 Å². The molecule has 0 N–H and O–H groups in total. The molecule has 0 radical (unpaired) electrons. The van der Waals surface area contributed by atoms with Crippen LogP contribution < -0.4 is 10.6 Å². The van der Waals surface area contributed by atoms with Crippen molar-refractivity contribution in [3.05, 3.63) is 70.4 Å². The minimum atomic E-state index is -4.59. The van der Waals surface area contributed by atoms with E-state index in [1.54, 1.807) is 30.3 Å². The van der Waals surface area contributed by atoms with E-state index in [4.69, 9.17) is 0 Å². The zero-order valence-electron chi connectivity index (χ0n) is 14.1. The normalized spacial score (nSPS) is 13.9. The second-order valence-electron chi connectivity index (χ2n) is 6.10. The fourth-order valence-electron chi connectivity index (χ4n) is 3.15. The third kappa shape index (κ3) is 2.71. The van der Waals surface area contributed by atoms with Gasteiger partial charge >= 0.3 is 11.9 Å². The number of nitrogens with zero attached hydrogens (tertiary/aromatic N) is 4. The van der Waals surface area contributed by atoms with E-state index in [0.29, 0.717) is 5.69 Å². The van der Waals surface area contributed by atoms with Gasteiger partial charge in [0.05, 0.1) is 23.4 Å². The van der Waals surface area contributed by atoms with Gasteiger partial charge in [-0.3, -0.25) is 9.69 Å². The highest BCUT2D eigenvalue weighted by atomic mass is 19.4. The predicted octanol–water partition coefficient (Wildman–Crippen LogP) is 2.81. The molecule has 0 saturated heterocycles. The molecule has 1 aromatic heterocycles. The summed E-state index contributed by atoms with van der Waals surface area (Å²) in [6.07, 6.45) is -4.81. The summed E-state index contributed by atoms with van der Waals surface area (Å²) in [7, 11) is 1.39. The van der Waals surface area contributed by atoms with Crippen LogP contribution in [0.5, 0.6) is 0 Å². The summed E-state index contributed by atoms with van der Waals surface area (Å²) in [5.74, 6) is -0.307. The number of halogens is 3. The number of benzene rings is 2. The highest BCUT2D eigenvalue weighted by Crippen LogP contribution is 2.38. The number of rotatable bonds is 1. The molecular formula is C18H13F3N4O2. The Bertz CT molecular complexity index is 1100. The van der Waals surface area contributed by atoms with Crippen LogP contribution in [0.2, 0.25) is 0 Å². The van der Waals surface area contributed by atoms with E-state index in [-0.39, 0.29) is 23.6 Å². The Kier molecular flexibility index (Phi) is 3.69. The van der Waals surface area contributed by atoms with Crippen LogP contribution in [0.3, 0.4) is 0 Å². The number of fused-ring (bicyclic) bond motifs is 3. The standard InChI is InChI=1S/C18H13F3N4O2/c1-23-17(27)25-14-9-11(18(19,20)21)7-8-13(14)24(12-5-3-2-4-6-12)16(26)10-15(25)22-23/h2-9H,10H2,1H3. The molecule has 6 nitrogen and oxygen atoms in total. The summed E-state index contributed by atoms with van der Waals surface area (Å²) in [5.41, 5.74) is -0.884. The molecule has 0 aliphatic carbocycles. The maximum atomic E-state index is 13.2. The highest BCUT2D eigenvalue weighted by molar-refractivity contribution is 6.04. The Morgan fingerprint density at radius 2 is 1.70 bits per heavy atom. The summed E-state index contributed by atoms with van der Waals surface area (Å²) in [4.78, 5) is 26.7. The molecule has 2 aromatic carbocycles. The smallest absolute Gasteiger partial charge is 0.279 e. The van der Waals surface area contributed by atoms with Gasteiger partial charge in [0.15, 0.2) is 0 Å². The number of hydrogen-bond acceptors (Lipinski definition) is 3. The summed E-state index contributed by atoms with van der Waals surface area (Å²) in [6.45, 7) is 0. The Labute approximate surface area is 151 Å². The fourth-order valence-corrected chi connectivity index (χ4v) is 3.15. The van der Waals surface area contributed by atoms with Crippen molar-refractivity contribution in [2.24, 2.45) is 7.05 Å². The summed E-state index contributed by atoms with van der Waals surface area (Å²) in [6, 6.07) is 11.5. The molecule has 0 unspecified atom stereocenters. The minimum Gasteiger partial charge on any atom is -0.279 e. The Morgan fingerprint density at radius 3 is 2.37 bits per heavy atom. The SMILES string of the molecule is Cn1nc2n(c1=O)-c1cc(C(F)(F)F)ccc1N(c1ccccc1)C(=O)C2. The zero-order valence-corrected chi connectivity index (χ0v) is 14.1. The van der Waals surface area contributed by atoms with Crippen LogP contribution in [-0.4, -0.2) is 20.3 Å². The summed E-state index contributed by atoms with van der Waals surface area (Å²) < 4.78 is 41.8. The van der Waals surface area contributed by atoms with Crippen LogP contribution in [0.4, 0.5) is 24.5 Å². The van der Waals surface area contributed by atoms with Crippen molar-refractivity contribution >= 4 is 17.3 Å². The first kappa shape index (κ1) is 17.1. The number of anilines is 2. The van der Waals surface area contributed by atoms with Gasteiger partial charge < -0.3 is 0 Å². The molecular weight excluding hydrogens is 361 g/mol. The lowest BCUT2D eigenvalue weighted by atomic mass is 10.1. The number of carbonyl (C=O) groups excluding carboxylic acids is 1. The second kappa shape index (κ2) is 5.83. The Hall–Kier alpha value is -3.36. The van der Waals surface area contributed by atoms with Crippen molar-refractivity contribution in [3.63, 3.8) is 0 Å². The number of para-hydroxylation sites is 1. The summed E-state index contributed by atoms with van der Waals surface area (Å²) >= 11 is 0. The summed E-state index contributed by atoms with van der Waals surface area (Å²) in [5, 5.41) is 4.02. The average molecular weight is 374 g/mol. The minimum absolute atomic E-state index is 0.0346. The molecule has 0 spiro atoms.